The quantitative estimate of drug-likeness (QED) is 0.473. The molecule has 2 aromatic heterocycles. The number of aryl methyl sites for hydroxylation is 1. The van der Waals surface area contributed by atoms with Crippen LogP contribution in [0, 0.1) is 12.7 Å². The highest BCUT2D eigenvalue weighted by Crippen LogP contribution is 2.43. The fourth-order valence-electron chi connectivity index (χ4n) is 2.83. The number of alkyl halides is 3. The number of aromatic carboxylic acids is 1. The van der Waals surface area contributed by atoms with E-state index in [0.29, 0.717) is 28.3 Å². The van der Waals surface area contributed by atoms with Crippen LogP contribution >= 0.6 is 11.8 Å². The molecule has 7 nitrogen and oxygen atoms in total. The molecule has 1 fully saturated rings. The van der Waals surface area contributed by atoms with Gasteiger partial charge in [0.05, 0.1) is 5.52 Å². The molecule has 0 atom stereocenters. The number of halogens is 4. The van der Waals surface area contributed by atoms with Gasteiger partial charge in [-0.2, -0.15) is 13.2 Å². The lowest BCUT2D eigenvalue weighted by Gasteiger charge is -2.15. The van der Waals surface area contributed by atoms with Crippen LogP contribution in [0.4, 0.5) is 17.6 Å². The minimum absolute atomic E-state index is 0.236. The van der Waals surface area contributed by atoms with E-state index in [4.69, 9.17) is 15.6 Å². The summed E-state index contributed by atoms with van der Waals surface area (Å²) in [5.74, 6) is -3.76. The molecular formula is C18H18F4N2O5S. The molecule has 0 aromatic carbocycles. The first-order chi connectivity index (χ1) is 13.9. The van der Waals surface area contributed by atoms with Crippen molar-refractivity contribution < 1.29 is 37.4 Å². The van der Waals surface area contributed by atoms with Crippen molar-refractivity contribution >= 4 is 29.2 Å². The third-order valence-corrected chi connectivity index (χ3v) is 5.50. The van der Waals surface area contributed by atoms with Gasteiger partial charge in [-0.25, -0.2) is 14.0 Å². The molecule has 1 saturated carbocycles. The number of nitrogens with two attached hydrogens (primary N) is 1. The van der Waals surface area contributed by atoms with Crippen LogP contribution in [0.1, 0.15) is 40.2 Å². The van der Waals surface area contributed by atoms with Crippen molar-refractivity contribution in [1.29, 1.82) is 0 Å². The predicted octanol–water partition coefficient (Wildman–Crippen LogP) is 3.01. The van der Waals surface area contributed by atoms with Crippen LogP contribution in [0.25, 0.3) is 5.52 Å². The Bertz CT molecular complexity index is 1050. The van der Waals surface area contributed by atoms with Gasteiger partial charge in [0, 0.05) is 23.4 Å². The largest absolute Gasteiger partial charge is 0.490 e. The number of rotatable bonds is 5. The number of aromatic nitrogens is 1. The highest BCUT2D eigenvalue weighted by atomic mass is 32.2. The molecule has 0 unspecified atom stereocenters. The van der Waals surface area contributed by atoms with E-state index < -0.39 is 29.5 Å². The van der Waals surface area contributed by atoms with Crippen molar-refractivity contribution in [2.24, 2.45) is 5.73 Å². The van der Waals surface area contributed by atoms with Crippen molar-refractivity contribution in [2.75, 3.05) is 12.3 Å². The average molecular weight is 450 g/mol. The Hall–Kier alpha value is -2.60. The molecule has 0 saturated heterocycles. The molecule has 4 N–H and O–H groups in total. The van der Waals surface area contributed by atoms with Crippen LogP contribution in [-0.2, 0) is 4.79 Å². The minimum Gasteiger partial charge on any atom is -0.477 e. The number of carbonyl (C=O) groups is 2. The third kappa shape index (κ3) is 5.11. The molecule has 0 spiro atoms. The Labute approximate surface area is 171 Å². The summed E-state index contributed by atoms with van der Waals surface area (Å²) in [6.45, 7) is 2.19. The number of thioether (sulfide) groups is 1. The Kier molecular flexibility index (Phi) is 7.14. The number of pyridine rings is 2. The van der Waals surface area contributed by atoms with Crippen molar-refractivity contribution in [3.05, 3.63) is 45.1 Å². The topological polar surface area (TPSA) is 122 Å². The summed E-state index contributed by atoms with van der Waals surface area (Å²) in [5.41, 5.74) is 6.59. The zero-order chi connectivity index (χ0) is 22.8. The van der Waals surface area contributed by atoms with Crippen LogP contribution in [0.15, 0.2) is 22.0 Å². The third-order valence-electron chi connectivity index (χ3n) is 4.27. The molecule has 12 heteroatoms. The number of fused-ring (bicyclic) bond motifs is 1. The zero-order valence-electron chi connectivity index (χ0n) is 15.6. The molecule has 0 amide bonds. The molecule has 3 rings (SSSR count). The second-order valence-electron chi connectivity index (χ2n) is 6.49. The number of hydrogen-bond donors (Lipinski definition) is 3. The Balaban J connectivity index is 0.000000396. The summed E-state index contributed by atoms with van der Waals surface area (Å²) >= 11 is 1.31. The second kappa shape index (κ2) is 9.04. The number of nitrogens with zero attached hydrogens (tertiary/aromatic N) is 1. The van der Waals surface area contributed by atoms with Crippen molar-refractivity contribution in [2.45, 2.75) is 36.8 Å². The highest BCUT2D eigenvalue weighted by Gasteiger charge is 2.38. The minimum atomic E-state index is -5.08. The molecule has 0 radical (unpaired) electrons. The molecule has 0 bridgehead atoms. The summed E-state index contributed by atoms with van der Waals surface area (Å²) < 4.78 is 47.3. The number of carboxylic acid groups (broad SMARTS) is 2. The highest BCUT2D eigenvalue weighted by molar-refractivity contribution is 7.99. The summed E-state index contributed by atoms with van der Waals surface area (Å²) in [7, 11) is 0. The van der Waals surface area contributed by atoms with Gasteiger partial charge in [0.2, 0.25) is 0 Å². The van der Waals surface area contributed by atoms with Crippen molar-refractivity contribution in [3.8, 4) is 0 Å². The lowest BCUT2D eigenvalue weighted by molar-refractivity contribution is -0.192. The SMILES string of the molecule is Cc1c(SCCN)c(F)cn2c(=O)c(C(=O)O)cc(C3CC3)c12.O=C(O)C(F)(F)F. The van der Waals surface area contributed by atoms with E-state index in [1.165, 1.54) is 17.8 Å². The van der Waals surface area contributed by atoms with Crippen LogP contribution in [0.2, 0.25) is 0 Å². The first kappa shape index (κ1) is 23.7. The standard InChI is InChI=1S/C16H17FN2O3S.C2HF3O2/c1-8-13-10(9-2-3-9)6-11(16(21)22)15(20)19(13)7-12(17)14(8)23-5-4-18;3-2(4,5)1(6)7/h6-7,9H,2-5,18H2,1H3,(H,21,22);(H,6,7). The van der Waals surface area contributed by atoms with E-state index in [2.05, 4.69) is 0 Å². The molecule has 1 aliphatic carbocycles. The second-order valence-corrected chi connectivity index (χ2v) is 7.59. The molecule has 1 aliphatic rings. The summed E-state index contributed by atoms with van der Waals surface area (Å²) in [6.07, 6.45) is -2.08. The molecule has 0 aliphatic heterocycles. The molecular weight excluding hydrogens is 432 g/mol. The smallest absolute Gasteiger partial charge is 0.477 e. The van der Waals surface area contributed by atoms with E-state index in [-0.39, 0.29) is 11.5 Å². The maximum atomic E-state index is 14.4. The molecule has 164 valence electrons. The first-order valence-electron chi connectivity index (χ1n) is 8.64. The van der Waals surface area contributed by atoms with Crippen molar-refractivity contribution in [3.63, 3.8) is 0 Å². The molecule has 30 heavy (non-hydrogen) atoms. The van der Waals surface area contributed by atoms with Gasteiger partial charge >= 0.3 is 18.1 Å². The van der Waals surface area contributed by atoms with Crippen LogP contribution in [-0.4, -0.2) is 45.0 Å². The molecule has 2 heterocycles. The average Bonchev–Trinajstić information content (AvgIpc) is 3.47. The summed E-state index contributed by atoms with van der Waals surface area (Å²) in [5, 5.41) is 16.4. The lowest BCUT2D eigenvalue weighted by Crippen LogP contribution is -2.24. The maximum absolute atomic E-state index is 14.4. The van der Waals surface area contributed by atoms with Gasteiger partial charge < -0.3 is 15.9 Å². The number of aliphatic carboxylic acids is 1. The summed E-state index contributed by atoms with van der Waals surface area (Å²) in [4.78, 5) is 33.1. The van der Waals surface area contributed by atoms with Crippen molar-refractivity contribution in [1.82, 2.24) is 4.40 Å². The van der Waals surface area contributed by atoms with Gasteiger partial charge in [-0.15, -0.1) is 11.8 Å². The fraction of sp³-hybridized carbons (Fsp3) is 0.389. The van der Waals surface area contributed by atoms with E-state index in [0.717, 1.165) is 29.0 Å². The first-order valence-corrected chi connectivity index (χ1v) is 9.63. The van der Waals surface area contributed by atoms with Gasteiger partial charge in [0.1, 0.15) is 5.56 Å². The number of hydrogen-bond acceptors (Lipinski definition) is 5. The monoisotopic (exact) mass is 450 g/mol. The van der Waals surface area contributed by atoms with Gasteiger partial charge in [0.25, 0.3) is 5.56 Å². The molecule has 2 aromatic rings. The normalized spacial score (nSPS) is 13.7. The van der Waals surface area contributed by atoms with Gasteiger partial charge in [-0.3, -0.25) is 9.20 Å². The number of carboxylic acids is 2. The zero-order valence-corrected chi connectivity index (χ0v) is 16.4. The van der Waals surface area contributed by atoms with E-state index in [1.54, 1.807) is 6.92 Å². The van der Waals surface area contributed by atoms with E-state index in [9.17, 15) is 32.3 Å². The van der Waals surface area contributed by atoms with Gasteiger partial charge in [-0.1, -0.05) is 0 Å². The van der Waals surface area contributed by atoms with Crippen LogP contribution in [0.3, 0.4) is 0 Å². The Morgan fingerprint density at radius 2 is 1.87 bits per heavy atom. The van der Waals surface area contributed by atoms with Gasteiger partial charge in [0.15, 0.2) is 5.82 Å². The van der Waals surface area contributed by atoms with Crippen LogP contribution < -0.4 is 11.3 Å². The van der Waals surface area contributed by atoms with Crippen LogP contribution in [0.5, 0.6) is 0 Å². The van der Waals surface area contributed by atoms with Gasteiger partial charge in [-0.05, 0) is 42.9 Å². The summed E-state index contributed by atoms with van der Waals surface area (Å²) in [6, 6.07) is 1.46. The maximum Gasteiger partial charge on any atom is 0.490 e. The van der Waals surface area contributed by atoms with E-state index in [1.807, 2.05) is 0 Å². The Morgan fingerprint density at radius 1 is 1.30 bits per heavy atom. The van der Waals surface area contributed by atoms with E-state index >= 15 is 0 Å². The predicted molar refractivity (Wildman–Crippen MR) is 101 cm³/mol. The fourth-order valence-corrected chi connectivity index (χ4v) is 3.66. The Morgan fingerprint density at radius 3 is 2.30 bits per heavy atom. The lowest BCUT2D eigenvalue weighted by atomic mass is 10.0.